The fourth-order valence-electron chi connectivity index (χ4n) is 1.37. The second-order valence-corrected chi connectivity index (χ2v) is 5.75. The molecule has 0 amide bonds. The topological polar surface area (TPSA) is 85.0 Å². The predicted octanol–water partition coefficient (Wildman–Crippen LogP) is 1.24. The van der Waals surface area contributed by atoms with Crippen molar-refractivity contribution in [3.63, 3.8) is 0 Å². The quantitative estimate of drug-likeness (QED) is 0.702. The smallest absolute Gasteiger partial charge is 0.211 e. The van der Waals surface area contributed by atoms with E-state index < -0.39 is 15.3 Å². The molecule has 16 heavy (non-hydrogen) atoms. The molecule has 0 N–H and O–H groups in total. The van der Waals surface area contributed by atoms with Crippen LogP contribution in [0.1, 0.15) is 33.6 Å². The fourth-order valence-corrected chi connectivity index (χ4v) is 3.19. The van der Waals surface area contributed by atoms with E-state index in [1.165, 1.54) is 4.31 Å². The Morgan fingerprint density at radius 2 is 1.88 bits per heavy atom. The van der Waals surface area contributed by atoms with Crippen LogP contribution in [0.25, 0.3) is 0 Å². The minimum atomic E-state index is -3.61. The second-order valence-electron chi connectivity index (χ2n) is 3.68. The molecule has 0 aromatic rings. The van der Waals surface area contributed by atoms with E-state index in [9.17, 15) is 8.42 Å². The van der Waals surface area contributed by atoms with Gasteiger partial charge in [0.2, 0.25) is 10.0 Å². The molecule has 0 heterocycles. The van der Waals surface area contributed by atoms with Crippen molar-refractivity contribution >= 4 is 10.0 Å². The van der Waals surface area contributed by atoms with Gasteiger partial charge in [-0.3, -0.25) is 0 Å². The van der Waals surface area contributed by atoms with E-state index in [4.69, 9.17) is 10.5 Å². The Hall–Kier alpha value is -1.11. The van der Waals surface area contributed by atoms with Crippen molar-refractivity contribution in [2.45, 2.75) is 44.9 Å². The van der Waals surface area contributed by atoms with E-state index in [2.05, 4.69) is 0 Å². The van der Waals surface area contributed by atoms with Gasteiger partial charge in [0.15, 0.2) is 5.25 Å². The van der Waals surface area contributed by atoms with Crippen LogP contribution in [0.4, 0.5) is 0 Å². The number of nitrogens with zero attached hydrogens (tertiary/aromatic N) is 3. The summed E-state index contributed by atoms with van der Waals surface area (Å²) in [7, 11) is -3.61. The van der Waals surface area contributed by atoms with Crippen LogP contribution < -0.4 is 0 Å². The first-order chi connectivity index (χ1) is 7.41. The van der Waals surface area contributed by atoms with Gasteiger partial charge in [-0.25, -0.2) is 8.42 Å². The van der Waals surface area contributed by atoms with Gasteiger partial charge in [0, 0.05) is 19.0 Å². The van der Waals surface area contributed by atoms with E-state index in [0.717, 1.165) is 0 Å². The lowest BCUT2D eigenvalue weighted by Crippen LogP contribution is -2.42. The molecule has 0 saturated heterocycles. The van der Waals surface area contributed by atoms with Crippen molar-refractivity contribution in [1.82, 2.24) is 4.31 Å². The molecule has 0 saturated carbocycles. The van der Waals surface area contributed by atoms with Gasteiger partial charge in [-0.2, -0.15) is 14.8 Å². The average molecular weight is 243 g/mol. The second kappa shape index (κ2) is 6.47. The SMILES string of the molecule is CCC(C#N)S(=O)(=O)N(CCC#N)C(C)C. The summed E-state index contributed by atoms with van der Waals surface area (Å²) in [5.74, 6) is 0. The fraction of sp³-hybridized carbons (Fsp3) is 0.800. The molecule has 0 aliphatic rings. The summed E-state index contributed by atoms with van der Waals surface area (Å²) in [6, 6.07) is 3.47. The van der Waals surface area contributed by atoms with Crippen molar-refractivity contribution in [2.75, 3.05) is 6.54 Å². The minimum Gasteiger partial charge on any atom is -0.211 e. The van der Waals surface area contributed by atoms with Crippen LogP contribution in [0.2, 0.25) is 0 Å². The molecule has 0 aliphatic heterocycles. The molecule has 1 atom stereocenters. The zero-order valence-corrected chi connectivity index (χ0v) is 10.7. The summed E-state index contributed by atoms with van der Waals surface area (Å²) in [4.78, 5) is 0. The first-order valence-corrected chi connectivity index (χ1v) is 6.69. The van der Waals surface area contributed by atoms with Crippen LogP contribution in [0, 0.1) is 22.7 Å². The number of rotatable bonds is 6. The largest absolute Gasteiger partial charge is 0.230 e. The molecule has 0 fully saturated rings. The number of hydrogen-bond acceptors (Lipinski definition) is 4. The minimum absolute atomic E-state index is 0.138. The lowest BCUT2D eigenvalue weighted by molar-refractivity contribution is 0.357. The van der Waals surface area contributed by atoms with Crippen LogP contribution in [-0.2, 0) is 10.0 Å². The third kappa shape index (κ3) is 3.48. The van der Waals surface area contributed by atoms with E-state index in [0.29, 0.717) is 0 Å². The van der Waals surface area contributed by atoms with Crippen molar-refractivity contribution in [3.8, 4) is 12.1 Å². The molecule has 0 radical (unpaired) electrons. The van der Waals surface area contributed by atoms with Gasteiger partial charge >= 0.3 is 0 Å². The van der Waals surface area contributed by atoms with E-state index >= 15 is 0 Å². The van der Waals surface area contributed by atoms with E-state index in [1.54, 1.807) is 26.8 Å². The standard InChI is InChI=1S/C10H17N3O2S/c1-4-10(8-12)16(14,15)13(9(2)3)7-5-6-11/h9-10H,4-5,7H2,1-3H3. The van der Waals surface area contributed by atoms with Crippen LogP contribution >= 0.6 is 0 Å². The maximum absolute atomic E-state index is 12.0. The summed E-state index contributed by atoms with van der Waals surface area (Å²) in [5.41, 5.74) is 0. The molecule has 1 unspecified atom stereocenters. The van der Waals surface area contributed by atoms with Gasteiger partial charge < -0.3 is 0 Å². The Labute approximate surface area is 97.3 Å². The van der Waals surface area contributed by atoms with E-state index in [-0.39, 0.29) is 25.4 Å². The Bertz CT molecular complexity index is 389. The van der Waals surface area contributed by atoms with Crippen molar-refractivity contribution in [3.05, 3.63) is 0 Å². The maximum atomic E-state index is 12.0. The molecular weight excluding hydrogens is 226 g/mol. The summed E-state index contributed by atoms with van der Waals surface area (Å²) >= 11 is 0. The highest BCUT2D eigenvalue weighted by Crippen LogP contribution is 2.15. The third-order valence-electron chi connectivity index (χ3n) is 2.22. The molecule has 0 aliphatic carbocycles. The van der Waals surface area contributed by atoms with Crippen LogP contribution in [-0.4, -0.2) is 30.6 Å². The van der Waals surface area contributed by atoms with E-state index in [1.807, 2.05) is 6.07 Å². The Morgan fingerprint density at radius 3 is 2.19 bits per heavy atom. The average Bonchev–Trinajstić information content (AvgIpc) is 2.18. The molecule has 0 spiro atoms. The van der Waals surface area contributed by atoms with Gasteiger partial charge in [0.1, 0.15) is 0 Å². The lowest BCUT2D eigenvalue weighted by Gasteiger charge is -2.26. The van der Waals surface area contributed by atoms with Crippen LogP contribution in [0.15, 0.2) is 0 Å². The summed E-state index contributed by atoms with van der Waals surface area (Å²) in [5, 5.41) is 16.3. The van der Waals surface area contributed by atoms with Gasteiger partial charge in [0.05, 0.1) is 12.1 Å². The number of hydrogen-bond donors (Lipinski definition) is 0. The van der Waals surface area contributed by atoms with Gasteiger partial charge in [-0.1, -0.05) is 6.92 Å². The molecule has 90 valence electrons. The lowest BCUT2D eigenvalue weighted by atomic mass is 10.3. The molecule has 0 bridgehead atoms. The molecule has 6 heteroatoms. The van der Waals surface area contributed by atoms with Crippen molar-refractivity contribution in [2.24, 2.45) is 0 Å². The maximum Gasteiger partial charge on any atom is 0.230 e. The van der Waals surface area contributed by atoms with Gasteiger partial charge in [-0.05, 0) is 20.3 Å². The van der Waals surface area contributed by atoms with Crippen LogP contribution in [0.3, 0.4) is 0 Å². The van der Waals surface area contributed by atoms with Crippen molar-refractivity contribution in [1.29, 1.82) is 10.5 Å². The zero-order chi connectivity index (χ0) is 12.8. The molecule has 0 rings (SSSR count). The summed E-state index contributed by atoms with van der Waals surface area (Å²) < 4.78 is 25.3. The highest BCUT2D eigenvalue weighted by molar-refractivity contribution is 7.90. The molecule has 0 aromatic heterocycles. The van der Waals surface area contributed by atoms with Crippen LogP contribution in [0.5, 0.6) is 0 Å². The number of sulfonamides is 1. The van der Waals surface area contributed by atoms with Crippen molar-refractivity contribution < 1.29 is 8.42 Å². The first kappa shape index (κ1) is 14.9. The highest BCUT2D eigenvalue weighted by Gasteiger charge is 2.32. The molecule has 5 nitrogen and oxygen atoms in total. The van der Waals surface area contributed by atoms with Gasteiger partial charge in [0.25, 0.3) is 0 Å². The number of nitriles is 2. The Balaban J connectivity index is 5.07. The zero-order valence-electron chi connectivity index (χ0n) is 9.84. The molecule has 0 aromatic carbocycles. The Kier molecular flexibility index (Phi) is 6.02. The summed E-state index contributed by atoms with van der Waals surface area (Å²) in [6.07, 6.45) is 0.397. The predicted molar refractivity (Wildman–Crippen MR) is 60.7 cm³/mol. The third-order valence-corrected chi connectivity index (χ3v) is 4.64. The summed E-state index contributed by atoms with van der Waals surface area (Å²) in [6.45, 7) is 5.28. The Morgan fingerprint density at radius 1 is 1.31 bits per heavy atom. The molecular formula is C10H17N3O2S. The monoisotopic (exact) mass is 243 g/mol. The first-order valence-electron chi connectivity index (χ1n) is 5.19. The highest BCUT2D eigenvalue weighted by atomic mass is 32.2. The van der Waals surface area contributed by atoms with Gasteiger partial charge in [-0.15, -0.1) is 0 Å². The normalized spacial score (nSPS) is 13.4.